The van der Waals surface area contributed by atoms with E-state index in [-0.39, 0.29) is 18.6 Å². The molecule has 2 heterocycles. The Morgan fingerprint density at radius 1 is 1.27 bits per heavy atom. The number of aliphatic hydroxyl groups excluding tert-OH is 1. The summed E-state index contributed by atoms with van der Waals surface area (Å²) in [5.74, 6) is 0.219. The summed E-state index contributed by atoms with van der Waals surface area (Å²) in [6.45, 7) is 5.62. The number of fused-ring (bicyclic) bond motifs is 1. The molecule has 22 heavy (non-hydrogen) atoms. The minimum absolute atomic E-state index is 0.211. The number of carbonyl (C=O) groups is 1. The number of carbonyl (C=O) groups excluding carboxylic acids is 1. The lowest BCUT2D eigenvalue weighted by molar-refractivity contribution is 0.0472. The molecule has 5 heteroatoms. The predicted molar refractivity (Wildman–Crippen MR) is 89.6 cm³/mol. The SMILES string of the molecule is CCC(CO)N1CCN(C(=O)c2csc3c2CCCC3)CC1. The first-order valence-electron chi connectivity index (χ1n) is 8.48. The van der Waals surface area contributed by atoms with Crippen LogP contribution in [-0.4, -0.2) is 59.6 Å². The summed E-state index contributed by atoms with van der Waals surface area (Å²) in [5.41, 5.74) is 2.29. The van der Waals surface area contributed by atoms with Crippen LogP contribution in [-0.2, 0) is 12.8 Å². The molecular formula is C17H26N2O2S. The third-order valence-corrected chi connectivity index (χ3v) is 6.18. The Morgan fingerprint density at radius 2 is 2.00 bits per heavy atom. The van der Waals surface area contributed by atoms with Gasteiger partial charge in [0.25, 0.3) is 5.91 Å². The summed E-state index contributed by atoms with van der Waals surface area (Å²) < 4.78 is 0. The Labute approximate surface area is 136 Å². The molecule has 1 aliphatic heterocycles. The van der Waals surface area contributed by atoms with Gasteiger partial charge in [-0.3, -0.25) is 9.69 Å². The summed E-state index contributed by atoms with van der Waals surface area (Å²) in [6, 6.07) is 0.242. The Hall–Kier alpha value is -0.910. The van der Waals surface area contributed by atoms with Gasteiger partial charge in [-0.05, 0) is 37.7 Å². The molecule has 0 radical (unpaired) electrons. The van der Waals surface area contributed by atoms with Gasteiger partial charge in [-0.2, -0.15) is 0 Å². The standard InChI is InChI=1S/C17H26N2O2S/c1-2-13(11-20)18-7-9-19(10-8-18)17(21)15-12-22-16-6-4-3-5-14(15)16/h12-13,20H,2-11H2,1H3. The minimum Gasteiger partial charge on any atom is -0.395 e. The molecule has 2 aliphatic rings. The maximum atomic E-state index is 12.8. The summed E-state index contributed by atoms with van der Waals surface area (Å²) in [7, 11) is 0. The zero-order chi connectivity index (χ0) is 15.5. The largest absolute Gasteiger partial charge is 0.395 e. The van der Waals surface area contributed by atoms with Gasteiger partial charge in [0.15, 0.2) is 0 Å². The van der Waals surface area contributed by atoms with Gasteiger partial charge >= 0.3 is 0 Å². The number of aliphatic hydroxyl groups is 1. The molecule has 1 aromatic rings. The van der Waals surface area contributed by atoms with Crippen LogP contribution < -0.4 is 0 Å². The third-order valence-electron chi connectivity index (χ3n) is 5.09. The number of amides is 1. The molecule has 1 atom stereocenters. The Bertz CT molecular complexity index is 517. The van der Waals surface area contributed by atoms with Crippen LogP contribution in [0.2, 0.25) is 0 Å². The summed E-state index contributed by atoms with van der Waals surface area (Å²) in [5, 5.41) is 11.5. The number of rotatable bonds is 4. The van der Waals surface area contributed by atoms with Gasteiger partial charge in [0.1, 0.15) is 0 Å². The summed E-state index contributed by atoms with van der Waals surface area (Å²) >= 11 is 1.77. The molecule has 0 saturated carbocycles. The van der Waals surface area contributed by atoms with Crippen LogP contribution in [0.1, 0.15) is 47.0 Å². The van der Waals surface area contributed by atoms with Crippen molar-refractivity contribution in [2.45, 2.75) is 45.1 Å². The smallest absolute Gasteiger partial charge is 0.255 e. The Morgan fingerprint density at radius 3 is 2.68 bits per heavy atom. The number of piperazine rings is 1. The highest BCUT2D eigenvalue weighted by Crippen LogP contribution is 2.31. The van der Waals surface area contributed by atoms with E-state index in [1.54, 1.807) is 11.3 Å². The number of hydrogen-bond donors (Lipinski definition) is 1. The van der Waals surface area contributed by atoms with E-state index in [1.165, 1.54) is 23.3 Å². The van der Waals surface area contributed by atoms with Crippen molar-refractivity contribution in [2.24, 2.45) is 0 Å². The van der Waals surface area contributed by atoms with E-state index in [4.69, 9.17) is 0 Å². The van der Waals surface area contributed by atoms with Gasteiger partial charge in [-0.25, -0.2) is 0 Å². The zero-order valence-corrected chi connectivity index (χ0v) is 14.2. The first kappa shape index (κ1) is 16.0. The first-order valence-corrected chi connectivity index (χ1v) is 9.36. The molecule has 1 aromatic heterocycles. The van der Waals surface area contributed by atoms with Gasteiger partial charge in [0, 0.05) is 42.5 Å². The summed E-state index contributed by atoms with van der Waals surface area (Å²) in [6.07, 6.45) is 5.66. The molecule has 3 rings (SSSR count). The van der Waals surface area contributed by atoms with Crippen molar-refractivity contribution in [2.75, 3.05) is 32.8 Å². The fraction of sp³-hybridized carbons (Fsp3) is 0.706. The first-order chi connectivity index (χ1) is 10.7. The highest BCUT2D eigenvalue weighted by Gasteiger charge is 2.28. The van der Waals surface area contributed by atoms with Crippen LogP contribution >= 0.6 is 11.3 Å². The second kappa shape index (κ2) is 7.11. The van der Waals surface area contributed by atoms with Crippen molar-refractivity contribution in [1.82, 2.24) is 9.80 Å². The lowest BCUT2D eigenvalue weighted by Gasteiger charge is -2.38. The molecule has 1 aliphatic carbocycles. The number of nitrogens with zero attached hydrogens (tertiary/aromatic N) is 2. The number of aryl methyl sites for hydroxylation is 1. The van der Waals surface area contributed by atoms with Crippen molar-refractivity contribution >= 4 is 17.2 Å². The van der Waals surface area contributed by atoms with E-state index in [2.05, 4.69) is 17.2 Å². The van der Waals surface area contributed by atoms with Crippen molar-refractivity contribution in [3.8, 4) is 0 Å². The minimum atomic E-state index is 0.211. The molecule has 0 spiro atoms. The molecule has 1 N–H and O–H groups in total. The normalized spacial score (nSPS) is 20.7. The van der Waals surface area contributed by atoms with Gasteiger partial charge in [-0.15, -0.1) is 11.3 Å². The van der Waals surface area contributed by atoms with Gasteiger partial charge in [0.2, 0.25) is 0 Å². The van der Waals surface area contributed by atoms with Crippen molar-refractivity contribution in [1.29, 1.82) is 0 Å². The fourth-order valence-electron chi connectivity index (χ4n) is 3.64. The monoisotopic (exact) mass is 322 g/mol. The van der Waals surface area contributed by atoms with Crippen molar-refractivity contribution < 1.29 is 9.90 Å². The molecule has 0 bridgehead atoms. The van der Waals surface area contributed by atoms with Crippen LogP contribution in [0, 0.1) is 0 Å². The quantitative estimate of drug-likeness (QED) is 0.924. The van der Waals surface area contributed by atoms with E-state index in [0.29, 0.717) is 0 Å². The molecule has 1 saturated heterocycles. The van der Waals surface area contributed by atoms with Crippen LogP contribution in [0.3, 0.4) is 0 Å². The average molecular weight is 322 g/mol. The van der Waals surface area contributed by atoms with Crippen molar-refractivity contribution in [3.05, 3.63) is 21.4 Å². The van der Waals surface area contributed by atoms with Crippen LogP contribution in [0.15, 0.2) is 5.38 Å². The molecule has 1 amide bonds. The maximum absolute atomic E-state index is 12.8. The van der Waals surface area contributed by atoms with Gasteiger partial charge < -0.3 is 10.0 Å². The highest BCUT2D eigenvalue weighted by molar-refractivity contribution is 7.10. The lowest BCUT2D eigenvalue weighted by Crippen LogP contribution is -2.52. The van der Waals surface area contributed by atoms with Crippen LogP contribution in [0.4, 0.5) is 0 Å². The fourth-order valence-corrected chi connectivity index (χ4v) is 4.76. The second-order valence-corrected chi connectivity index (χ2v) is 7.30. The third kappa shape index (κ3) is 3.07. The molecule has 1 unspecified atom stereocenters. The van der Waals surface area contributed by atoms with Gasteiger partial charge in [-0.1, -0.05) is 6.92 Å². The second-order valence-electron chi connectivity index (χ2n) is 6.33. The van der Waals surface area contributed by atoms with Crippen LogP contribution in [0.25, 0.3) is 0 Å². The van der Waals surface area contributed by atoms with E-state index in [9.17, 15) is 9.90 Å². The van der Waals surface area contributed by atoms with Gasteiger partial charge in [0.05, 0.1) is 12.2 Å². The average Bonchev–Trinajstić information content (AvgIpc) is 3.00. The van der Waals surface area contributed by atoms with E-state index >= 15 is 0 Å². The Balaban J connectivity index is 1.64. The lowest BCUT2D eigenvalue weighted by atomic mass is 9.95. The number of hydrogen-bond acceptors (Lipinski definition) is 4. The topological polar surface area (TPSA) is 43.8 Å². The van der Waals surface area contributed by atoms with E-state index in [1.807, 2.05) is 4.90 Å². The molecule has 0 aromatic carbocycles. The molecule has 122 valence electrons. The summed E-state index contributed by atoms with van der Waals surface area (Å²) in [4.78, 5) is 18.6. The predicted octanol–water partition coefficient (Wildman–Crippen LogP) is 2.16. The number of thiophene rings is 1. The van der Waals surface area contributed by atoms with Crippen LogP contribution in [0.5, 0.6) is 0 Å². The Kier molecular flexibility index (Phi) is 5.16. The zero-order valence-electron chi connectivity index (χ0n) is 13.4. The van der Waals surface area contributed by atoms with Crippen molar-refractivity contribution in [3.63, 3.8) is 0 Å². The molecule has 4 nitrogen and oxygen atoms in total. The van der Waals surface area contributed by atoms with E-state index in [0.717, 1.165) is 51.0 Å². The molecule has 1 fully saturated rings. The maximum Gasteiger partial charge on any atom is 0.255 e. The highest BCUT2D eigenvalue weighted by atomic mass is 32.1. The molecular weight excluding hydrogens is 296 g/mol. The van der Waals surface area contributed by atoms with E-state index < -0.39 is 0 Å².